The molecule has 1 saturated heterocycles. The van der Waals surface area contributed by atoms with Gasteiger partial charge in [-0.05, 0) is 64.7 Å². The van der Waals surface area contributed by atoms with Crippen molar-refractivity contribution < 1.29 is 22.7 Å². The molecular formula is C32H28F3N9O2. The molecule has 14 heteroatoms. The second kappa shape index (κ2) is 12.6. The van der Waals surface area contributed by atoms with Crippen LogP contribution < -0.4 is 10.2 Å². The lowest BCUT2D eigenvalue weighted by molar-refractivity contribution is -0.138. The largest absolute Gasteiger partial charge is 0.416 e. The molecule has 0 spiro atoms. The zero-order valence-corrected chi connectivity index (χ0v) is 24.8. The number of amides is 1. The summed E-state index contributed by atoms with van der Waals surface area (Å²) in [6.45, 7) is 2.33. The van der Waals surface area contributed by atoms with E-state index >= 15 is 0 Å². The molecule has 0 aliphatic carbocycles. The van der Waals surface area contributed by atoms with E-state index in [1.165, 1.54) is 11.2 Å². The van der Waals surface area contributed by atoms with Crippen molar-refractivity contribution in [2.75, 3.05) is 43.1 Å². The minimum atomic E-state index is -4.68. The van der Waals surface area contributed by atoms with Gasteiger partial charge in [-0.25, -0.2) is 4.98 Å². The molecule has 2 aliphatic heterocycles. The molecule has 4 heterocycles. The van der Waals surface area contributed by atoms with E-state index in [0.717, 1.165) is 6.07 Å². The van der Waals surface area contributed by atoms with Crippen molar-refractivity contribution in [3.63, 3.8) is 0 Å². The number of hydrogen-bond donors (Lipinski definition) is 1. The van der Waals surface area contributed by atoms with E-state index in [-0.39, 0.29) is 43.0 Å². The molecule has 234 valence electrons. The normalized spacial score (nSPS) is 15.0. The fourth-order valence-corrected chi connectivity index (χ4v) is 5.74. The zero-order chi connectivity index (χ0) is 32.4. The van der Waals surface area contributed by atoms with E-state index in [1.54, 1.807) is 48.0 Å². The van der Waals surface area contributed by atoms with Crippen LogP contribution in [0.3, 0.4) is 0 Å². The number of nitriles is 2. The first-order chi connectivity index (χ1) is 22.2. The lowest BCUT2D eigenvalue weighted by Gasteiger charge is -2.27. The summed E-state index contributed by atoms with van der Waals surface area (Å²) in [5, 5.41) is 30.0. The third-order valence-corrected chi connectivity index (χ3v) is 7.96. The molecule has 46 heavy (non-hydrogen) atoms. The number of pyridine rings is 1. The third-order valence-electron chi connectivity index (χ3n) is 7.96. The van der Waals surface area contributed by atoms with E-state index in [4.69, 9.17) is 10.00 Å². The van der Waals surface area contributed by atoms with Crippen LogP contribution in [0.4, 0.5) is 24.8 Å². The number of aryl methyl sites for hydroxylation is 1. The number of alkyl halides is 3. The smallest absolute Gasteiger partial charge is 0.379 e. The van der Waals surface area contributed by atoms with Gasteiger partial charge < -0.3 is 14.6 Å². The second-order valence-electron chi connectivity index (χ2n) is 11.0. The van der Waals surface area contributed by atoms with Gasteiger partial charge in [0.15, 0.2) is 5.82 Å². The highest BCUT2D eigenvalue weighted by Gasteiger charge is 2.41. The summed E-state index contributed by atoms with van der Waals surface area (Å²) in [6, 6.07) is 15.2. The highest BCUT2D eigenvalue weighted by molar-refractivity contribution is 6.10. The Morgan fingerprint density at radius 1 is 1.04 bits per heavy atom. The molecule has 1 amide bonds. The number of carbonyl (C=O) groups is 1. The Balaban J connectivity index is 1.45. The number of carbonyl (C=O) groups excluding carboxylic acids is 1. The number of morpholine rings is 1. The van der Waals surface area contributed by atoms with Gasteiger partial charge in [0.05, 0.1) is 49.4 Å². The van der Waals surface area contributed by atoms with Gasteiger partial charge in [0.1, 0.15) is 18.0 Å². The van der Waals surface area contributed by atoms with Crippen molar-refractivity contribution in [1.29, 1.82) is 10.5 Å². The quantitative estimate of drug-likeness (QED) is 0.275. The number of rotatable bonds is 8. The number of benzene rings is 2. The van der Waals surface area contributed by atoms with Crippen LogP contribution in [-0.4, -0.2) is 63.4 Å². The summed E-state index contributed by atoms with van der Waals surface area (Å²) < 4.78 is 50.3. The van der Waals surface area contributed by atoms with Gasteiger partial charge in [-0.15, -0.1) is 10.2 Å². The van der Waals surface area contributed by atoms with E-state index in [2.05, 4.69) is 32.6 Å². The molecule has 0 radical (unpaired) electrons. The van der Waals surface area contributed by atoms with Crippen molar-refractivity contribution in [3.8, 4) is 34.7 Å². The average molecular weight is 628 g/mol. The monoisotopic (exact) mass is 627 g/mol. The maximum absolute atomic E-state index is 14.4. The number of nitrogens with zero attached hydrogens (tertiary/aromatic N) is 8. The minimum absolute atomic E-state index is 0.0180. The molecular weight excluding hydrogens is 599 g/mol. The molecule has 0 unspecified atom stereocenters. The van der Waals surface area contributed by atoms with E-state index < -0.39 is 17.6 Å². The predicted octanol–water partition coefficient (Wildman–Crippen LogP) is 4.75. The number of nitrogens with one attached hydrogen (secondary N) is 1. The maximum atomic E-state index is 14.4. The Hall–Kier alpha value is -5.31. The van der Waals surface area contributed by atoms with Crippen LogP contribution in [0, 0.1) is 22.7 Å². The van der Waals surface area contributed by atoms with Gasteiger partial charge in [0, 0.05) is 44.4 Å². The fourth-order valence-electron chi connectivity index (χ4n) is 5.74. The van der Waals surface area contributed by atoms with E-state index in [1.807, 2.05) is 4.90 Å². The van der Waals surface area contributed by atoms with Crippen LogP contribution in [0.5, 0.6) is 0 Å². The summed E-state index contributed by atoms with van der Waals surface area (Å²) in [6.07, 6.45) is -2.97. The van der Waals surface area contributed by atoms with Gasteiger partial charge in [-0.1, -0.05) is 0 Å². The number of fused-ring (bicyclic) bond motifs is 1. The highest BCUT2D eigenvalue weighted by atomic mass is 19.4. The van der Waals surface area contributed by atoms with Crippen molar-refractivity contribution >= 4 is 17.5 Å². The molecule has 6 rings (SSSR count). The topological polar surface area (TPSA) is 136 Å². The number of ether oxygens (including phenoxy) is 1. The number of aromatic nitrogens is 4. The number of hydrogen-bond acceptors (Lipinski definition) is 9. The Kier molecular flexibility index (Phi) is 8.41. The SMILES string of the molecule is Cn1cnnc1-c1ccc(C#N)cc1-c1cc(NCCC#N)nc(N2Cc3c(cc(CN4CCOCC4)cc3C(F)(F)F)C2=O)c1. The molecule has 0 saturated carbocycles. The second-order valence-corrected chi connectivity index (χ2v) is 11.0. The molecule has 11 nitrogen and oxygen atoms in total. The molecule has 1 N–H and O–H groups in total. The predicted molar refractivity (Wildman–Crippen MR) is 161 cm³/mol. The van der Waals surface area contributed by atoms with Gasteiger partial charge in [-0.2, -0.15) is 23.7 Å². The van der Waals surface area contributed by atoms with Gasteiger partial charge in [0.2, 0.25) is 0 Å². The highest BCUT2D eigenvalue weighted by Crippen LogP contribution is 2.41. The van der Waals surface area contributed by atoms with Gasteiger partial charge >= 0.3 is 6.18 Å². The van der Waals surface area contributed by atoms with Crippen molar-refractivity contribution in [2.24, 2.45) is 7.05 Å². The maximum Gasteiger partial charge on any atom is 0.416 e. The summed E-state index contributed by atoms with van der Waals surface area (Å²) in [4.78, 5) is 21.7. The van der Waals surface area contributed by atoms with Crippen LogP contribution >= 0.6 is 0 Å². The van der Waals surface area contributed by atoms with Crippen LogP contribution in [0.15, 0.2) is 48.8 Å². The third kappa shape index (κ3) is 6.13. The lowest BCUT2D eigenvalue weighted by Crippen LogP contribution is -2.35. The Morgan fingerprint density at radius 2 is 1.85 bits per heavy atom. The molecule has 0 bridgehead atoms. The molecule has 1 fully saturated rings. The van der Waals surface area contributed by atoms with Crippen LogP contribution in [0.1, 0.15) is 39.0 Å². The summed E-state index contributed by atoms with van der Waals surface area (Å²) in [5.74, 6) is 0.342. The first-order valence-corrected chi connectivity index (χ1v) is 14.5. The molecule has 0 atom stereocenters. The molecule has 4 aromatic rings. The molecule has 2 aromatic heterocycles. The van der Waals surface area contributed by atoms with Crippen molar-refractivity contribution in [3.05, 3.63) is 76.6 Å². The standard InChI is InChI=1S/C32H28F3N9O2/c1-42-19-39-41-30(42)23-4-3-20(16-37)11-24(23)22-14-28(38-6-2-5-36)40-29(15-22)44-18-26-25(31(44)45)12-21(13-27(26)32(33,34)35)17-43-7-9-46-10-8-43/h3-4,11-15,19H,2,6-10,17-18H2,1H3,(H,38,40). The van der Waals surface area contributed by atoms with Crippen LogP contribution in [-0.2, 0) is 31.1 Å². The van der Waals surface area contributed by atoms with Crippen molar-refractivity contribution in [1.82, 2.24) is 24.6 Å². The number of halogens is 3. The van der Waals surface area contributed by atoms with Crippen LogP contribution in [0.2, 0.25) is 0 Å². The molecule has 2 aliphatic rings. The van der Waals surface area contributed by atoms with E-state index in [9.17, 15) is 23.2 Å². The lowest BCUT2D eigenvalue weighted by atomic mass is 9.97. The van der Waals surface area contributed by atoms with Crippen molar-refractivity contribution in [2.45, 2.75) is 25.7 Å². The van der Waals surface area contributed by atoms with Gasteiger partial charge in [-0.3, -0.25) is 14.6 Å². The van der Waals surface area contributed by atoms with Crippen LogP contribution in [0.25, 0.3) is 22.5 Å². The number of anilines is 2. The summed E-state index contributed by atoms with van der Waals surface area (Å²) in [5.41, 5.74) is 1.54. The minimum Gasteiger partial charge on any atom is -0.379 e. The first-order valence-electron chi connectivity index (χ1n) is 14.5. The Bertz CT molecular complexity index is 1890. The summed E-state index contributed by atoms with van der Waals surface area (Å²) in [7, 11) is 1.77. The molecule has 2 aromatic carbocycles. The average Bonchev–Trinajstić information content (AvgIpc) is 3.63. The fraction of sp³-hybridized carbons (Fsp3) is 0.312. The van der Waals surface area contributed by atoms with Gasteiger partial charge in [0.25, 0.3) is 5.91 Å². The van der Waals surface area contributed by atoms with E-state index in [0.29, 0.717) is 65.8 Å². The summed E-state index contributed by atoms with van der Waals surface area (Å²) >= 11 is 0. The Morgan fingerprint density at radius 3 is 2.54 bits per heavy atom. The zero-order valence-electron chi connectivity index (χ0n) is 24.8. The Labute approximate surface area is 262 Å². The first kappa shape index (κ1) is 30.7.